The maximum atomic E-state index is 12.0. The van der Waals surface area contributed by atoms with Gasteiger partial charge in [-0.15, -0.1) is 0 Å². The highest BCUT2D eigenvalue weighted by Gasteiger charge is 2.21. The first-order valence-electron chi connectivity index (χ1n) is 7.03. The number of piperidine rings is 1. The fourth-order valence-corrected chi connectivity index (χ4v) is 2.26. The summed E-state index contributed by atoms with van der Waals surface area (Å²) in [6.07, 6.45) is 2.76. The molecule has 0 spiro atoms. The molecule has 0 radical (unpaired) electrons. The third-order valence-electron chi connectivity index (χ3n) is 3.18. The smallest absolute Gasteiger partial charge is 0.240 e. The molecule has 2 N–H and O–H groups in total. The number of nitrogens with one attached hydrogen (secondary N) is 2. The van der Waals surface area contributed by atoms with Crippen LogP contribution in [-0.2, 0) is 9.59 Å². The van der Waals surface area contributed by atoms with Gasteiger partial charge in [-0.1, -0.05) is 0 Å². The number of carbonyl (C=O) groups is 2. The predicted molar refractivity (Wildman–Crippen MR) is 75.7 cm³/mol. The molecule has 1 heterocycles. The molecule has 2 amide bonds. The molecule has 1 saturated heterocycles. The van der Waals surface area contributed by atoms with Crippen molar-refractivity contribution >= 4 is 11.8 Å². The molecule has 19 heavy (non-hydrogen) atoms. The third kappa shape index (κ3) is 6.57. The van der Waals surface area contributed by atoms with Gasteiger partial charge >= 0.3 is 0 Å². The standard InChI is InChI=1S/C14H27N3O2/c1-14(2,3)16-12(18)10-17(4)13(19)8-11-6-5-7-15-9-11/h11,15H,5-10H2,1-4H3,(H,16,18). The summed E-state index contributed by atoms with van der Waals surface area (Å²) in [4.78, 5) is 25.3. The highest BCUT2D eigenvalue weighted by Crippen LogP contribution is 2.14. The Morgan fingerprint density at radius 2 is 2.05 bits per heavy atom. The van der Waals surface area contributed by atoms with E-state index in [1.807, 2.05) is 20.8 Å². The third-order valence-corrected chi connectivity index (χ3v) is 3.18. The molecular formula is C14H27N3O2. The van der Waals surface area contributed by atoms with Crippen molar-refractivity contribution in [2.75, 3.05) is 26.7 Å². The van der Waals surface area contributed by atoms with Crippen LogP contribution in [0.5, 0.6) is 0 Å². The van der Waals surface area contributed by atoms with Gasteiger partial charge in [0, 0.05) is 19.0 Å². The van der Waals surface area contributed by atoms with Crippen LogP contribution in [0, 0.1) is 5.92 Å². The van der Waals surface area contributed by atoms with E-state index in [0.29, 0.717) is 12.3 Å². The van der Waals surface area contributed by atoms with E-state index in [9.17, 15) is 9.59 Å². The van der Waals surface area contributed by atoms with Crippen LogP contribution in [-0.4, -0.2) is 48.9 Å². The molecule has 0 bridgehead atoms. The molecule has 0 saturated carbocycles. The van der Waals surface area contributed by atoms with E-state index >= 15 is 0 Å². The first kappa shape index (κ1) is 16.0. The molecule has 0 aliphatic carbocycles. The van der Waals surface area contributed by atoms with Crippen molar-refractivity contribution in [2.45, 2.75) is 45.6 Å². The van der Waals surface area contributed by atoms with Crippen LogP contribution in [0.4, 0.5) is 0 Å². The van der Waals surface area contributed by atoms with Gasteiger partial charge in [-0.3, -0.25) is 9.59 Å². The van der Waals surface area contributed by atoms with Crippen molar-refractivity contribution in [3.05, 3.63) is 0 Å². The fourth-order valence-electron chi connectivity index (χ4n) is 2.26. The van der Waals surface area contributed by atoms with Crippen LogP contribution in [0.25, 0.3) is 0 Å². The summed E-state index contributed by atoms with van der Waals surface area (Å²) in [5.41, 5.74) is -0.256. The number of hydrogen-bond donors (Lipinski definition) is 2. The summed E-state index contributed by atoms with van der Waals surface area (Å²) in [6.45, 7) is 7.89. The lowest BCUT2D eigenvalue weighted by molar-refractivity contribution is -0.136. The number of hydrogen-bond acceptors (Lipinski definition) is 3. The van der Waals surface area contributed by atoms with Crippen LogP contribution in [0.2, 0.25) is 0 Å². The SMILES string of the molecule is CN(CC(=O)NC(C)(C)C)C(=O)CC1CCCNC1. The zero-order valence-electron chi connectivity index (χ0n) is 12.6. The van der Waals surface area contributed by atoms with Crippen molar-refractivity contribution in [3.63, 3.8) is 0 Å². The van der Waals surface area contributed by atoms with Gasteiger partial charge in [0.15, 0.2) is 0 Å². The van der Waals surface area contributed by atoms with Gasteiger partial charge in [0.2, 0.25) is 11.8 Å². The number of nitrogens with zero attached hydrogens (tertiary/aromatic N) is 1. The summed E-state index contributed by atoms with van der Waals surface area (Å²) in [5.74, 6) is 0.359. The van der Waals surface area contributed by atoms with E-state index in [-0.39, 0.29) is 23.9 Å². The highest BCUT2D eigenvalue weighted by atomic mass is 16.2. The van der Waals surface area contributed by atoms with Gasteiger partial charge in [-0.05, 0) is 52.6 Å². The van der Waals surface area contributed by atoms with E-state index in [2.05, 4.69) is 10.6 Å². The molecule has 1 fully saturated rings. The monoisotopic (exact) mass is 269 g/mol. The maximum Gasteiger partial charge on any atom is 0.240 e. The molecule has 0 aromatic heterocycles. The Morgan fingerprint density at radius 3 is 2.58 bits per heavy atom. The van der Waals surface area contributed by atoms with Gasteiger partial charge in [0.05, 0.1) is 6.54 Å². The average Bonchev–Trinajstić information content (AvgIpc) is 2.27. The Bertz CT molecular complexity index is 317. The molecule has 0 aromatic carbocycles. The van der Waals surface area contributed by atoms with Crippen LogP contribution < -0.4 is 10.6 Å². The molecule has 1 aliphatic rings. The van der Waals surface area contributed by atoms with Crippen LogP contribution in [0.3, 0.4) is 0 Å². The minimum absolute atomic E-state index is 0.0535. The highest BCUT2D eigenvalue weighted by molar-refractivity contribution is 5.85. The van der Waals surface area contributed by atoms with E-state index in [1.165, 1.54) is 4.90 Å². The van der Waals surface area contributed by atoms with E-state index in [1.54, 1.807) is 7.05 Å². The number of carbonyl (C=O) groups excluding carboxylic acids is 2. The summed E-state index contributed by atoms with van der Waals surface area (Å²) < 4.78 is 0. The lowest BCUT2D eigenvalue weighted by atomic mass is 9.96. The molecular weight excluding hydrogens is 242 g/mol. The van der Waals surface area contributed by atoms with Crippen LogP contribution in [0.15, 0.2) is 0 Å². The largest absolute Gasteiger partial charge is 0.350 e. The number of amides is 2. The zero-order valence-corrected chi connectivity index (χ0v) is 12.6. The van der Waals surface area contributed by atoms with E-state index in [0.717, 1.165) is 25.9 Å². The Kier molecular flexibility index (Phi) is 5.79. The van der Waals surface area contributed by atoms with Gasteiger partial charge in [0.25, 0.3) is 0 Å². The maximum absolute atomic E-state index is 12.0. The Labute approximate surface area is 116 Å². The molecule has 1 atom stereocenters. The molecule has 110 valence electrons. The van der Waals surface area contributed by atoms with Crippen molar-refractivity contribution in [2.24, 2.45) is 5.92 Å². The van der Waals surface area contributed by atoms with E-state index < -0.39 is 0 Å². The minimum atomic E-state index is -0.256. The first-order valence-corrected chi connectivity index (χ1v) is 7.03. The van der Waals surface area contributed by atoms with Crippen LogP contribution >= 0.6 is 0 Å². The molecule has 5 nitrogen and oxygen atoms in total. The van der Waals surface area contributed by atoms with Crippen molar-refractivity contribution in [1.82, 2.24) is 15.5 Å². The normalized spacial score (nSPS) is 19.9. The van der Waals surface area contributed by atoms with Crippen LogP contribution in [0.1, 0.15) is 40.0 Å². The first-order chi connectivity index (χ1) is 8.78. The van der Waals surface area contributed by atoms with Gasteiger partial charge in [-0.2, -0.15) is 0 Å². The summed E-state index contributed by atoms with van der Waals surface area (Å²) in [5, 5.41) is 6.16. The molecule has 5 heteroatoms. The second-order valence-electron chi connectivity index (χ2n) is 6.46. The van der Waals surface area contributed by atoms with Crippen molar-refractivity contribution in [1.29, 1.82) is 0 Å². The van der Waals surface area contributed by atoms with Gasteiger partial charge in [0.1, 0.15) is 0 Å². The Balaban J connectivity index is 2.33. The second kappa shape index (κ2) is 6.89. The second-order valence-corrected chi connectivity index (χ2v) is 6.46. The zero-order chi connectivity index (χ0) is 14.5. The lowest BCUT2D eigenvalue weighted by Crippen LogP contribution is -2.46. The Hall–Kier alpha value is -1.10. The van der Waals surface area contributed by atoms with Gasteiger partial charge in [-0.25, -0.2) is 0 Å². The van der Waals surface area contributed by atoms with Crippen molar-refractivity contribution < 1.29 is 9.59 Å². The molecule has 1 unspecified atom stereocenters. The minimum Gasteiger partial charge on any atom is -0.350 e. The number of likely N-dealkylation sites (N-methyl/N-ethyl adjacent to an activating group) is 1. The topological polar surface area (TPSA) is 61.4 Å². The average molecular weight is 269 g/mol. The van der Waals surface area contributed by atoms with E-state index in [4.69, 9.17) is 0 Å². The number of rotatable bonds is 4. The predicted octanol–water partition coefficient (Wildman–Crippen LogP) is 0.749. The summed E-state index contributed by atoms with van der Waals surface area (Å²) >= 11 is 0. The molecule has 1 rings (SSSR count). The van der Waals surface area contributed by atoms with Crippen molar-refractivity contribution in [3.8, 4) is 0 Å². The van der Waals surface area contributed by atoms with Gasteiger partial charge < -0.3 is 15.5 Å². The molecule has 0 aromatic rings. The quantitative estimate of drug-likeness (QED) is 0.791. The molecule has 1 aliphatic heterocycles. The lowest BCUT2D eigenvalue weighted by Gasteiger charge is -2.26. The summed E-state index contributed by atoms with van der Waals surface area (Å²) in [7, 11) is 1.70. The Morgan fingerprint density at radius 1 is 1.37 bits per heavy atom. The fraction of sp³-hybridized carbons (Fsp3) is 0.857. The summed E-state index contributed by atoms with van der Waals surface area (Å²) in [6, 6.07) is 0.